The van der Waals surface area contributed by atoms with Gasteiger partial charge in [-0.25, -0.2) is 9.97 Å². The van der Waals surface area contributed by atoms with Gasteiger partial charge in [0.1, 0.15) is 5.82 Å². The molecule has 3 aromatic rings. The Morgan fingerprint density at radius 1 is 1.11 bits per heavy atom. The third kappa shape index (κ3) is 3.51. The summed E-state index contributed by atoms with van der Waals surface area (Å²) in [5.74, 6) is 1.48. The monoisotopic (exact) mass is 368 g/mol. The van der Waals surface area contributed by atoms with E-state index >= 15 is 0 Å². The number of rotatable bonds is 6. The Labute approximate surface area is 160 Å². The van der Waals surface area contributed by atoms with Crippen LogP contribution in [-0.4, -0.2) is 51.8 Å². The van der Waals surface area contributed by atoms with Gasteiger partial charge in [0.15, 0.2) is 17.0 Å². The first-order valence-corrected chi connectivity index (χ1v) is 9.27. The highest BCUT2D eigenvalue weighted by molar-refractivity contribution is 5.84. The first-order chi connectivity index (χ1) is 12.9. The standard InChI is InChI=1S/C20H28N6O/c1-8-16(11-27-7)25(6)19-17-20(22-15(5)21-19)26(24-23-17)18-13(3)9-12(2)10-14(18)4/h9-10,16H,8,11H2,1-7H3. The Kier molecular flexibility index (Phi) is 5.41. The molecule has 0 fully saturated rings. The fourth-order valence-electron chi connectivity index (χ4n) is 3.68. The summed E-state index contributed by atoms with van der Waals surface area (Å²) in [4.78, 5) is 11.4. The molecule has 3 rings (SSSR count). The van der Waals surface area contributed by atoms with Crippen LogP contribution in [0.15, 0.2) is 12.1 Å². The van der Waals surface area contributed by atoms with Crippen LogP contribution in [0.2, 0.25) is 0 Å². The number of anilines is 1. The second kappa shape index (κ2) is 7.60. The first kappa shape index (κ1) is 19.2. The Hall–Kier alpha value is -2.54. The summed E-state index contributed by atoms with van der Waals surface area (Å²) >= 11 is 0. The van der Waals surface area contributed by atoms with Gasteiger partial charge in [-0.15, -0.1) is 5.10 Å². The van der Waals surface area contributed by atoms with Crippen molar-refractivity contribution in [2.45, 2.75) is 47.1 Å². The van der Waals surface area contributed by atoms with Crippen molar-refractivity contribution in [1.82, 2.24) is 25.0 Å². The van der Waals surface area contributed by atoms with Crippen molar-refractivity contribution in [1.29, 1.82) is 0 Å². The van der Waals surface area contributed by atoms with E-state index in [-0.39, 0.29) is 6.04 Å². The van der Waals surface area contributed by atoms with Gasteiger partial charge in [-0.3, -0.25) is 0 Å². The average Bonchev–Trinajstić information content (AvgIpc) is 3.01. The number of aryl methyl sites for hydroxylation is 4. The topological polar surface area (TPSA) is 69.0 Å². The van der Waals surface area contributed by atoms with E-state index in [4.69, 9.17) is 4.74 Å². The molecule has 0 aliphatic rings. The van der Waals surface area contributed by atoms with E-state index in [1.807, 2.05) is 18.7 Å². The molecule has 0 saturated carbocycles. The van der Waals surface area contributed by atoms with Crippen molar-refractivity contribution < 1.29 is 4.74 Å². The zero-order chi connectivity index (χ0) is 19.7. The molecule has 7 heteroatoms. The fourth-order valence-corrected chi connectivity index (χ4v) is 3.68. The number of fused-ring (bicyclic) bond motifs is 1. The largest absolute Gasteiger partial charge is 0.383 e. The van der Waals surface area contributed by atoms with Crippen LogP contribution in [0, 0.1) is 27.7 Å². The van der Waals surface area contributed by atoms with Crippen LogP contribution in [0.4, 0.5) is 5.82 Å². The van der Waals surface area contributed by atoms with Crippen molar-refractivity contribution in [3.05, 3.63) is 34.6 Å². The van der Waals surface area contributed by atoms with Crippen molar-refractivity contribution in [3.63, 3.8) is 0 Å². The zero-order valence-corrected chi connectivity index (χ0v) is 17.2. The Balaban J connectivity index is 2.19. The Bertz CT molecular complexity index is 942. The summed E-state index contributed by atoms with van der Waals surface area (Å²) in [7, 11) is 3.74. The van der Waals surface area contributed by atoms with Crippen LogP contribution in [0.3, 0.4) is 0 Å². The molecule has 2 heterocycles. The summed E-state index contributed by atoms with van der Waals surface area (Å²) in [6.07, 6.45) is 0.944. The van der Waals surface area contributed by atoms with E-state index in [0.717, 1.165) is 34.7 Å². The number of aromatic nitrogens is 5. The first-order valence-electron chi connectivity index (χ1n) is 9.27. The molecule has 0 N–H and O–H groups in total. The SMILES string of the molecule is CCC(COC)N(C)c1nc(C)nc2c1nnn2-c1c(C)cc(C)cc1C. The summed E-state index contributed by atoms with van der Waals surface area (Å²) in [5.41, 5.74) is 5.99. The third-order valence-electron chi connectivity index (χ3n) is 4.95. The molecule has 7 nitrogen and oxygen atoms in total. The lowest BCUT2D eigenvalue weighted by molar-refractivity contribution is 0.176. The number of hydrogen-bond acceptors (Lipinski definition) is 6. The molecule has 1 atom stereocenters. The van der Waals surface area contributed by atoms with Crippen LogP contribution < -0.4 is 4.90 Å². The number of hydrogen-bond donors (Lipinski definition) is 0. The summed E-state index contributed by atoms with van der Waals surface area (Å²) in [6.45, 7) is 11.0. The van der Waals surface area contributed by atoms with Gasteiger partial charge in [0.05, 0.1) is 18.3 Å². The number of nitrogens with zero attached hydrogens (tertiary/aromatic N) is 6. The lowest BCUT2D eigenvalue weighted by Crippen LogP contribution is -2.35. The Morgan fingerprint density at radius 2 is 1.78 bits per heavy atom. The van der Waals surface area contributed by atoms with E-state index < -0.39 is 0 Å². The maximum atomic E-state index is 5.37. The molecule has 144 valence electrons. The number of benzene rings is 1. The number of ether oxygens (including phenoxy) is 1. The minimum atomic E-state index is 0.209. The lowest BCUT2D eigenvalue weighted by Gasteiger charge is -2.27. The minimum Gasteiger partial charge on any atom is -0.383 e. The molecule has 0 saturated heterocycles. The normalized spacial score (nSPS) is 12.6. The maximum absolute atomic E-state index is 5.37. The Morgan fingerprint density at radius 3 is 2.37 bits per heavy atom. The second-order valence-electron chi connectivity index (χ2n) is 7.14. The fraction of sp³-hybridized carbons (Fsp3) is 0.500. The predicted octanol–water partition coefficient (Wildman–Crippen LogP) is 3.31. The van der Waals surface area contributed by atoms with E-state index in [9.17, 15) is 0 Å². The molecule has 1 unspecified atom stereocenters. The van der Waals surface area contributed by atoms with Crippen LogP contribution in [-0.2, 0) is 4.74 Å². The third-order valence-corrected chi connectivity index (χ3v) is 4.95. The highest BCUT2D eigenvalue weighted by Crippen LogP contribution is 2.27. The number of likely N-dealkylation sites (N-methyl/N-ethyl adjacent to an activating group) is 1. The summed E-state index contributed by atoms with van der Waals surface area (Å²) in [5, 5.41) is 8.88. The van der Waals surface area contributed by atoms with E-state index in [1.165, 1.54) is 5.56 Å². The molecule has 0 bridgehead atoms. The molecule has 0 aliphatic heterocycles. The van der Waals surface area contributed by atoms with Crippen molar-refractivity contribution in [2.24, 2.45) is 0 Å². The van der Waals surface area contributed by atoms with Gasteiger partial charge >= 0.3 is 0 Å². The molecule has 2 aromatic heterocycles. The van der Waals surface area contributed by atoms with Gasteiger partial charge in [0.2, 0.25) is 0 Å². The maximum Gasteiger partial charge on any atom is 0.189 e. The van der Waals surface area contributed by atoms with Gasteiger partial charge < -0.3 is 9.64 Å². The van der Waals surface area contributed by atoms with Crippen molar-refractivity contribution in [2.75, 3.05) is 25.7 Å². The average molecular weight is 368 g/mol. The minimum absolute atomic E-state index is 0.209. The molecule has 0 radical (unpaired) electrons. The number of methoxy groups -OCH3 is 1. The summed E-state index contributed by atoms with van der Waals surface area (Å²) in [6, 6.07) is 4.52. The van der Waals surface area contributed by atoms with Gasteiger partial charge in [-0.2, -0.15) is 4.68 Å². The molecular weight excluding hydrogens is 340 g/mol. The molecular formula is C20H28N6O. The van der Waals surface area contributed by atoms with Gasteiger partial charge in [-0.1, -0.05) is 29.8 Å². The smallest absolute Gasteiger partial charge is 0.189 e. The van der Waals surface area contributed by atoms with Crippen molar-refractivity contribution in [3.8, 4) is 5.69 Å². The summed E-state index contributed by atoms with van der Waals surface area (Å²) < 4.78 is 7.21. The molecule has 27 heavy (non-hydrogen) atoms. The molecule has 1 aromatic carbocycles. The lowest BCUT2D eigenvalue weighted by atomic mass is 10.1. The predicted molar refractivity (Wildman–Crippen MR) is 108 cm³/mol. The van der Waals surface area contributed by atoms with Crippen LogP contribution in [0.25, 0.3) is 16.9 Å². The molecule has 0 amide bonds. The van der Waals surface area contributed by atoms with Crippen molar-refractivity contribution >= 4 is 17.0 Å². The molecule has 0 aliphatic carbocycles. The highest BCUT2D eigenvalue weighted by Gasteiger charge is 2.22. The highest BCUT2D eigenvalue weighted by atomic mass is 16.5. The van der Waals surface area contributed by atoms with E-state index in [1.54, 1.807) is 7.11 Å². The second-order valence-corrected chi connectivity index (χ2v) is 7.14. The van der Waals surface area contributed by atoms with E-state index in [2.05, 4.69) is 65.0 Å². The van der Waals surface area contributed by atoms with Crippen LogP contribution in [0.5, 0.6) is 0 Å². The molecule has 0 spiro atoms. The van der Waals surface area contributed by atoms with Gasteiger partial charge in [-0.05, 0) is 45.2 Å². The van der Waals surface area contributed by atoms with Crippen LogP contribution in [0.1, 0.15) is 35.9 Å². The van der Waals surface area contributed by atoms with Crippen LogP contribution >= 0.6 is 0 Å². The van der Waals surface area contributed by atoms with E-state index in [0.29, 0.717) is 17.9 Å². The zero-order valence-electron chi connectivity index (χ0n) is 17.2. The van der Waals surface area contributed by atoms with Gasteiger partial charge in [0.25, 0.3) is 0 Å². The quantitative estimate of drug-likeness (QED) is 0.665. The van der Waals surface area contributed by atoms with Gasteiger partial charge in [0, 0.05) is 14.2 Å².